The summed E-state index contributed by atoms with van der Waals surface area (Å²) in [6.45, 7) is 12.8. The van der Waals surface area contributed by atoms with Crippen LogP contribution >= 0.6 is 11.6 Å². The fourth-order valence-electron chi connectivity index (χ4n) is 5.96. The summed E-state index contributed by atoms with van der Waals surface area (Å²) in [7, 11) is 2.05. The van der Waals surface area contributed by atoms with Crippen molar-refractivity contribution in [1.29, 1.82) is 5.26 Å². The molecule has 0 N–H and O–H groups in total. The maximum Gasteiger partial charge on any atom is 0.142 e. The highest BCUT2D eigenvalue weighted by atomic mass is 35.5. The number of aromatic nitrogens is 1. The fraction of sp³-hybridized carbons (Fsp3) is 0.385. The standard InChI is InChI=1S/C39H45ClN4O3/c1-5-43(4)25-33-20-36(40)39(21-38(33)46-26-31-19-30(22-41)23-42-24-31)47-27-32-11-8-12-34(28(32)2)35-13-9-14-37(29(35)3)45-18-10-17-44-15-6-7-16-44/h8-9,11-14,19-21,23-24H,5-7,10,15-18,25-27H2,1-4H3. The Morgan fingerprint density at radius 2 is 1.62 bits per heavy atom. The number of benzene rings is 3. The van der Waals surface area contributed by atoms with Crippen molar-refractivity contribution in [3.8, 4) is 34.4 Å². The summed E-state index contributed by atoms with van der Waals surface area (Å²) in [6.07, 6.45) is 6.91. The van der Waals surface area contributed by atoms with E-state index in [0.717, 1.165) is 70.8 Å². The van der Waals surface area contributed by atoms with Crippen molar-refractivity contribution in [1.82, 2.24) is 14.8 Å². The minimum absolute atomic E-state index is 0.272. The second-order valence-electron chi connectivity index (χ2n) is 12.3. The molecule has 0 unspecified atom stereocenters. The molecule has 7 nitrogen and oxygen atoms in total. The average molecular weight is 653 g/mol. The maximum absolute atomic E-state index is 9.26. The third kappa shape index (κ3) is 9.04. The lowest BCUT2D eigenvalue weighted by atomic mass is 9.93. The molecule has 0 saturated carbocycles. The monoisotopic (exact) mass is 652 g/mol. The zero-order valence-electron chi connectivity index (χ0n) is 28.0. The molecule has 1 aromatic heterocycles. The van der Waals surface area contributed by atoms with E-state index in [9.17, 15) is 5.26 Å². The van der Waals surface area contributed by atoms with Crippen molar-refractivity contribution in [3.63, 3.8) is 0 Å². The van der Waals surface area contributed by atoms with E-state index in [1.807, 2.05) is 12.1 Å². The van der Waals surface area contributed by atoms with E-state index in [1.54, 1.807) is 18.5 Å². The number of halogens is 1. The molecule has 2 heterocycles. The number of nitrogens with zero attached hydrogens (tertiary/aromatic N) is 4. The summed E-state index contributed by atoms with van der Waals surface area (Å²) in [5.74, 6) is 2.18. The Morgan fingerprint density at radius 1 is 0.872 bits per heavy atom. The summed E-state index contributed by atoms with van der Waals surface area (Å²) in [5.41, 5.74) is 7.97. The Labute approximate surface area is 284 Å². The molecule has 0 radical (unpaired) electrons. The van der Waals surface area contributed by atoms with Crippen LogP contribution in [0, 0.1) is 25.2 Å². The van der Waals surface area contributed by atoms with Crippen LogP contribution < -0.4 is 14.2 Å². The Kier molecular flexibility index (Phi) is 12.1. The minimum atomic E-state index is 0.272. The van der Waals surface area contributed by atoms with E-state index >= 15 is 0 Å². The highest BCUT2D eigenvalue weighted by Gasteiger charge is 2.16. The van der Waals surface area contributed by atoms with E-state index in [2.05, 4.69) is 85.1 Å². The Morgan fingerprint density at radius 3 is 2.38 bits per heavy atom. The molecule has 47 heavy (non-hydrogen) atoms. The van der Waals surface area contributed by atoms with Crippen molar-refractivity contribution >= 4 is 11.6 Å². The highest BCUT2D eigenvalue weighted by Crippen LogP contribution is 2.36. The second-order valence-corrected chi connectivity index (χ2v) is 12.7. The van der Waals surface area contributed by atoms with Crippen LogP contribution in [0.25, 0.3) is 11.1 Å². The number of hydrogen-bond acceptors (Lipinski definition) is 7. The SMILES string of the molecule is CCN(C)Cc1cc(Cl)c(OCc2cccc(-c3cccc(OCCCN4CCCC4)c3C)c2C)cc1OCc1cncc(C#N)c1. The van der Waals surface area contributed by atoms with Crippen LogP contribution in [-0.2, 0) is 19.8 Å². The van der Waals surface area contributed by atoms with Crippen LogP contribution in [0.15, 0.2) is 67.0 Å². The van der Waals surface area contributed by atoms with Crippen LogP contribution in [-0.4, -0.2) is 54.6 Å². The van der Waals surface area contributed by atoms with E-state index in [1.165, 1.54) is 25.9 Å². The summed E-state index contributed by atoms with van der Waals surface area (Å²) >= 11 is 6.78. The van der Waals surface area contributed by atoms with Gasteiger partial charge in [-0.1, -0.05) is 48.9 Å². The quantitative estimate of drug-likeness (QED) is 0.120. The van der Waals surface area contributed by atoms with Gasteiger partial charge in [-0.15, -0.1) is 0 Å². The predicted molar refractivity (Wildman–Crippen MR) is 188 cm³/mol. The molecule has 0 amide bonds. The van der Waals surface area contributed by atoms with Crippen molar-refractivity contribution in [2.24, 2.45) is 0 Å². The van der Waals surface area contributed by atoms with Gasteiger partial charge in [-0.2, -0.15) is 5.26 Å². The first kappa shape index (κ1) is 34.3. The number of ether oxygens (including phenoxy) is 3. The maximum atomic E-state index is 9.26. The molecule has 1 saturated heterocycles. The van der Waals surface area contributed by atoms with Gasteiger partial charge in [-0.3, -0.25) is 4.98 Å². The Balaban J connectivity index is 1.30. The molecular weight excluding hydrogens is 608 g/mol. The van der Waals surface area contributed by atoms with Gasteiger partial charge >= 0.3 is 0 Å². The zero-order valence-corrected chi connectivity index (χ0v) is 28.8. The number of nitriles is 1. The van der Waals surface area contributed by atoms with Crippen LogP contribution in [0.1, 0.15) is 59.6 Å². The largest absolute Gasteiger partial charge is 0.493 e. The van der Waals surface area contributed by atoms with Crippen LogP contribution in [0.5, 0.6) is 17.2 Å². The predicted octanol–water partition coefficient (Wildman–Crippen LogP) is 8.36. The summed E-state index contributed by atoms with van der Waals surface area (Å²) < 4.78 is 18.9. The molecule has 0 aliphatic carbocycles. The lowest BCUT2D eigenvalue weighted by molar-refractivity contribution is 0.262. The molecule has 0 spiro atoms. The molecule has 0 atom stereocenters. The lowest BCUT2D eigenvalue weighted by Crippen LogP contribution is -2.22. The molecule has 1 fully saturated rings. The van der Waals surface area contributed by atoms with Gasteiger partial charge in [0.05, 0.1) is 17.2 Å². The van der Waals surface area contributed by atoms with Crippen molar-refractivity contribution < 1.29 is 14.2 Å². The van der Waals surface area contributed by atoms with Crippen LogP contribution in [0.2, 0.25) is 5.02 Å². The number of likely N-dealkylation sites (tertiary alicyclic amines) is 1. The van der Waals surface area contributed by atoms with Crippen molar-refractivity contribution in [3.05, 3.63) is 105 Å². The van der Waals surface area contributed by atoms with Gasteiger partial charge in [0.2, 0.25) is 0 Å². The zero-order chi connectivity index (χ0) is 33.2. The number of hydrogen-bond donors (Lipinski definition) is 0. The molecule has 1 aliphatic rings. The van der Waals surface area contributed by atoms with Gasteiger partial charge in [0.1, 0.15) is 36.5 Å². The Hall–Kier alpha value is -4.09. The van der Waals surface area contributed by atoms with Gasteiger partial charge in [0, 0.05) is 42.7 Å². The van der Waals surface area contributed by atoms with Gasteiger partial charge in [0.25, 0.3) is 0 Å². The molecule has 8 heteroatoms. The molecule has 0 bridgehead atoms. The summed E-state index contributed by atoms with van der Waals surface area (Å²) in [4.78, 5) is 8.87. The molecule has 1 aliphatic heterocycles. The summed E-state index contributed by atoms with van der Waals surface area (Å²) in [5, 5.41) is 9.79. The highest BCUT2D eigenvalue weighted by molar-refractivity contribution is 6.32. The van der Waals surface area contributed by atoms with Crippen molar-refractivity contribution in [2.75, 3.05) is 39.8 Å². The first-order valence-corrected chi connectivity index (χ1v) is 16.9. The smallest absolute Gasteiger partial charge is 0.142 e. The van der Waals surface area contributed by atoms with E-state index in [0.29, 0.717) is 35.2 Å². The van der Waals surface area contributed by atoms with Crippen LogP contribution in [0.4, 0.5) is 0 Å². The molecule has 4 aromatic rings. The van der Waals surface area contributed by atoms with Crippen LogP contribution in [0.3, 0.4) is 0 Å². The Bertz CT molecular complexity index is 1700. The third-order valence-corrected chi connectivity index (χ3v) is 9.19. The third-order valence-electron chi connectivity index (χ3n) is 8.89. The van der Waals surface area contributed by atoms with E-state index < -0.39 is 0 Å². The van der Waals surface area contributed by atoms with Gasteiger partial charge in [0.15, 0.2) is 0 Å². The first-order valence-electron chi connectivity index (χ1n) is 16.5. The molecule has 5 rings (SSSR count). The van der Waals surface area contributed by atoms with E-state index in [-0.39, 0.29) is 6.61 Å². The van der Waals surface area contributed by atoms with Gasteiger partial charge < -0.3 is 24.0 Å². The topological polar surface area (TPSA) is 70.8 Å². The second kappa shape index (κ2) is 16.6. The molecular formula is C39H45ClN4O3. The minimum Gasteiger partial charge on any atom is -0.493 e. The normalized spacial score (nSPS) is 13.1. The number of rotatable bonds is 15. The summed E-state index contributed by atoms with van der Waals surface area (Å²) in [6, 6.07) is 20.3. The first-order chi connectivity index (χ1) is 22.9. The molecule has 3 aromatic carbocycles. The van der Waals surface area contributed by atoms with Gasteiger partial charge in [-0.05, 0) is 106 Å². The lowest BCUT2D eigenvalue weighted by Gasteiger charge is -2.20. The average Bonchev–Trinajstić information content (AvgIpc) is 3.61. The fourth-order valence-corrected chi connectivity index (χ4v) is 6.20. The van der Waals surface area contributed by atoms with E-state index in [4.69, 9.17) is 25.8 Å². The molecule has 246 valence electrons. The number of pyridine rings is 1. The van der Waals surface area contributed by atoms with Gasteiger partial charge in [-0.25, -0.2) is 0 Å². The van der Waals surface area contributed by atoms with Crippen molar-refractivity contribution in [2.45, 2.75) is 59.8 Å².